The number of ether oxygens (including phenoxy) is 2. The highest BCUT2D eigenvalue weighted by Gasteiger charge is 2.18. The van der Waals surface area contributed by atoms with Gasteiger partial charge in [0.05, 0.1) is 31.3 Å². The molecule has 2 aromatic heterocycles. The van der Waals surface area contributed by atoms with Crippen LogP contribution in [0.1, 0.15) is 17.4 Å². The number of carbonyl (C=O) groups is 1. The number of nitrogens with one attached hydrogen (secondary N) is 1. The first-order valence-corrected chi connectivity index (χ1v) is 8.29. The zero-order valence-corrected chi connectivity index (χ0v) is 15.2. The number of benzene rings is 1. The van der Waals surface area contributed by atoms with Gasteiger partial charge in [-0.2, -0.15) is 5.10 Å². The Kier molecular flexibility index (Phi) is 5.35. The molecule has 0 spiro atoms. The summed E-state index contributed by atoms with van der Waals surface area (Å²) in [5.41, 5.74) is 1.59. The molecule has 1 aromatic carbocycles. The second-order valence-corrected chi connectivity index (χ2v) is 5.64. The lowest BCUT2D eigenvalue weighted by atomic mass is 10.1. The van der Waals surface area contributed by atoms with E-state index >= 15 is 0 Å². The first-order chi connectivity index (χ1) is 13.0. The molecule has 27 heavy (non-hydrogen) atoms. The van der Waals surface area contributed by atoms with Gasteiger partial charge < -0.3 is 14.8 Å². The van der Waals surface area contributed by atoms with Gasteiger partial charge in [-0.1, -0.05) is 0 Å². The van der Waals surface area contributed by atoms with Crippen LogP contribution in [0.15, 0.2) is 42.7 Å². The average Bonchev–Trinajstić information content (AvgIpc) is 3.06. The largest absolute Gasteiger partial charge is 0.497 e. The molecule has 0 saturated carbocycles. The van der Waals surface area contributed by atoms with E-state index in [0.717, 1.165) is 11.8 Å². The number of pyridine rings is 1. The maximum atomic E-state index is 13.7. The van der Waals surface area contributed by atoms with E-state index in [-0.39, 0.29) is 11.4 Å². The maximum absolute atomic E-state index is 13.7. The molecule has 8 heteroatoms. The summed E-state index contributed by atoms with van der Waals surface area (Å²) in [4.78, 5) is 16.1. The van der Waals surface area contributed by atoms with Gasteiger partial charge in [0.25, 0.3) is 5.91 Å². The van der Waals surface area contributed by atoms with Gasteiger partial charge in [0.1, 0.15) is 11.5 Å². The van der Waals surface area contributed by atoms with Gasteiger partial charge in [0.2, 0.25) is 0 Å². The van der Waals surface area contributed by atoms with Crippen LogP contribution in [0.4, 0.5) is 10.1 Å². The van der Waals surface area contributed by atoms with Crippen molar-refractivity contribution in [1.29, 1.82) is 0 Å². The van der Waals surface area contributed by atoms with Crippen molar-refractivity contribution < 1.29 is 18.7 Å². The minimum Gasteiger partial charge on any atom is -0.497 e. The lowest BCUT2D eigenvalue weighted by molar-refractivity contribution is 0.102. The first kappa shape index (κ1) is 18.4. The predicted octanol–water partition coefficient (Wildman–Crippen LogP) is 3.28. The summed E-state index contributed by atoms with van der Waals surface area (Å²) >= 11 is 0. The van der Waals surface area contributed by atoms with E-state index in [1.807, 2.05) is 13.0 Å². The standard InChI is InChI=1S/C19H19FN4O3/c1-4-27-18-6-5-12(26-3)9-13(18)17-10-16(23-24(17)2)19(25)22-15-7-8-21-11-14(15)20/h5-11H,4H2,1-3H3,(H,21,22,25). The minimum absolute atomic E-state index is 0.0404. The summed E-state index contributed by atoms with van der Waals surface area (Å²) in [5, 5.41) is 6.73. The summed E-state index contributed by atoms with van der Waals surface area (Å²) in [6, 6.07) is 8.41. The van der Waals surface area contributed by atoms with E-state index in [1.165, 1.54) is 12.3 Å². The van der Waals surface area contributed by atoms with Crippen molar-refractivity contribution in [2.75, 3.05) is 19.0 Å². The molecule has 0 aliphatic carbocycles. The summed E-state index contributed by atoms with van der Waals surface area (Å²) < 4.78 is 26.2. The van der Waals surface area contributed by atoms with Crippen molar-refractivity contribution in [1.82, 2.24) is 14.8 Å². The normalized spacial score (nSPS) is 10.5. The highest BCUT2D eigenvalue weighted by molar-refractivity contribution is 6.03. The van der Waals surface area contributed by atoms with Crippen LogP contribution in [0.25, 0.3) is 11.3 Å². The Morgan fingerprint density at radius 1 is 1.30 bits per heavy atom. The molecule has 3 rings (SSSR count). The molecule has 0 fully saturated rings. The van der Waals surface area contributed by atoms with Crippen LogP contribution in [-0.2, 0) is 7.05 Å². The number of methoxy groups -OCH3 is 1. The van der Waals surface area contributed by atoms with Gasteiger partial charge in [-0.05, 0) is 37.3 Å². The fraction of sp³-hybridized carbons (Fsp3) is 0.211. The molecule has 0 saturated heterocycles. The van der Waals surface area contributed by atoms with Crippen LogP contribution in [-0.4, -0.2) is 34.4 Å². The SMILES string of the molecule is CCOc1ccc(OC)cc1-c1cc(C(=O)Nc2ccncc2F)nn1C. The van der Waals surface area contributed by atoms with Crippen molar-refractivity contribution >= 4 is 11.6 Å². The lowest BCUT2D eigenvalue weighted by Crippen LogP contribution is -2.14. The van der Waals surface area contributed by atoms with Crippen LogP contribution in [0.2, 0.25) is 0 Å². The molecule has 3 aromatic rings. The first-order valence-electron chi connectivity index (χ1n) is 8.29. The van der Waals surface area contributed by atoms with E-state index in [9.17, 15) is 9.18 Å². The number of nitrogens with zero attached hydrogens (tertiary/aromatic N) is 3. The molecule has 0 radical (unpaired) electrons. The molecule has 140 valence electrons. The molecule has 1 amide bonds. The highest BCUT2D eigenvalue weighted by atomic mass is 19.1. The molecule has 0 aliphatic rings. The Bertz CT molecular complexity index is 971. The van der Waals surface area contributed by atoms with E-state index in [2.05, 4.69) is 15.4 Å². The lowest BCUT2D eigenvalue weighted by Gasteiger charge is -2.11. The number of anilines is 1. The van der Waals surface area contributed by atoms with Gasteiger partial charge in [-0.3, -0.25) is 14.5 Å². The Morgan fingerprint density at radius 3 is 2.81 bits per heavy atom. The van der Waals surface area contributed by atoms with E-state index in [4.69, 9.17) is 9.47 Å². The Hall–Kier alpha value is -3.42. The Labute approximate surface area is 155 Å². The minimum atomic E-state index is -0.617. The van der Waals surface area contributed by atoms with Crippen LogP contribution in [0.5, 0.6) is 11.5 Å². The number of halogens is 1. The Balaban J connectivity index is 1.95. The van der Waals surface area contributed by atoms with E-state index < -0.39 is 11.7 Å². The zero-order valence-electron chi connectivity index (χ0n) is 15.2. The molecule has 2 heterocycles. The number of carbonyl (C=O) groups excluding carboxylic acids is 1. The highest BCUT2D eigenvalue weighted by Crippen LogP contribution is 2.34. The summed E-state index contributed by atoms with van der Waals surface area (Å²) in [5.74, 6) is 0.157. The topological polar surface area (TPSA) is 78.3 Å². The molecule has 7 nitrogen and oxygen atoms in total. The smallest absolute Gasteiger partial charge is 0.276 e. The number of hydrogen-bond acceptors (Lipinski definition) is 5. The second-order valence-electron chi connectivity index (χ2n) is 5.64. The van der Waals surface area contributed by atoms with Crippen molar-refractivity contribution in [2.24, 2.45) is 7.05 Å². The van der Waals surface area contributed by atoms with Crippen LogP contribution < -0.4 is 14.8 Å². The predicted molar refractivity (Wildman–Crippen MR) is 98.5 cm³/mol. The van der Waals surface area contributed by atoms with Gasteiger partial charge in [0, 0.05) is 18.8 Å². The van der Waals surface area contributed by atoms with Gasteiger partial charge in [0.15, 0.2) is 11.5 Å². The number of rotatable bonds is 6. The van der Waals surface area contributed by atoms with E-state index in [0.29, 0.717) is 23.8 Å². The number of aromatic nitrogens is 3. The fourth-order valence-electron chi connectivity index (χ4n) is 2.61. The average molecular weight is 370 g/mol. The van der Waals surface area contributed by atoms with Gasteiger partial charge >= 0.3 is 0 Å². The zero-order chi connectivity index (χ0) is 19.4. The maximum Gasteiger partial charge on any atom is 0.276 e. The van der Waals surface area contributed by atoms with Crippen molar-refractivity contribution in [2.45, 2.75) is 6.92 Å². The molecule has 1 N–H and O–H groups in total. The monoisotopic (exact) mass is 370 g/mol. The van der Waals surface area contributed by atoms with Crippen LogP contribution in [0.3, 0.4) is 0 Å². The molecular weight excluding hydrogens is 351 g/mol. The third-order valence-electron chi connectivity index (χ3n) is 3.90. The molecule has 0 unspecified atom stereocenters. The van der Waals surface area contributed by atoms with Crippen LogP contribution in [0, 0.1) is 5.82 Å². The summed E-state index contributed by atoms with van der Waals surface area (Å²) in [6.07, 6.45) is 2.43. The number of amides is 1. The molecule has 0 bridgehead atoms. The van der Waals surface area contributed by atoms with Crippen molar-refractivity contribution in [3.8, 4) is 22.8 Å². The third kappa shape index (κ3) is 3.89. The number of aryl methyl sites for hydroxylation is 1. The molecule has 0 aliphatic heterocycles. The fourth-order valence-corrected chi connectivity index (χ4v) is 2.61. The molecular formula is C19H19FN4O3. The van der Waals surface area contributed by atoms with E-state index in [1.54, 1.807) is 37.0 Å². The summed E-state index contributed by atoms with van der Waals surface area (Å²) in [6.45, 7) is 2.38. The van der Waals surface area contributed by atoms with Crippen molar-refractivity contribution in [3.05, 3.63) is 54.2 Å². The van der Waals surface area contributed by atoms with Gasteiger partial charge in [-0.15, -0.1) is 0 Å². The Morgan fingerprint density at radius 2 is 2.11 bits per heavy atom. The quantitative estimate of drug-likeness (QED) is 0.720. The van der Waals surface area contributed by atoms with Gasteiger partial charge in [-0.25, -0.2) is 4.39 Å². The van der Waals surface area contributed by atoms with Crippen LogP contribution >= 0.6 is 0 Å². The van der Waals surface area contributed by atoms with Crippen molar-refractivity contribution in [3.63, 3.8) is 0 Å². The summed E-state index contributed by atoms with van der Waals surface area (Å²) in [7, 11) is 3.29. The third-order valence-corrected chi connectivity index (χ3v) is 3.90. The second kappa shape index (κ2) is 7.86. The number of hydrogen-bond donors (Lipinski definition) is 1. The molecule has 0 atom stereocenters.